The summed E-state index contributed by atoms with van der Waals surface area (Å²) in [5.74, 6) is 0. The molecule has 156 valence electrons. The molecule has 0 spiro atoms. The van der Waals surface area contributed by atoms with Gasteiger partial charge in [0.05, 0.1) is 0 Å². The molecule has 4 aromatic rings. The van der Waals surface area contributed by atoms with Crippen LogP contribution >= 0.6 is 0 Å². The second-order valence-electron chi connectivity index (χ2n) is 9.83. The van der Waals surface area contributed by atoms with Crippen LogP contribution in [0.3, 0.4) is 0 Å². The molecule has 0 aliphatic heterocycles. The minimum atomic E-state index is -0.0438. The van der Waals surface area contributed by atoms with E-state index in [1.165, 1.54) is 44.5 Å². The monoisotopic (exact) mass is 412 g/mol. The van der Waals surface area contributed by atoms with E-state index in [-0.39, 0.29) is 10.8 Å². The Kier molecular flexibility index (Phi) is 4.27. The SMILES string of the molecule is C[C@]1(Cc2ccccc2)C2=C(c3ccccc31)[C@](C)(Cc1ccccc1)c1ccccc12. The number of allylic oxidation sites excluding steroid dienone is 2. The second-order valence-corrected chi connectivity index (χ2v) is 9.83. The zero-order valence-corrected chi connectivity index (χ0v) is 18.8. The van der Waals surface area contributed by atoms with E-state index in [9.17, 15) is 0 Å². The molecule has 2 aliphatic carbocycles. The minimum absolute atomic E-state index is 0.0438. The fourth-order valence-corrected chi connectivity index (χ4v) is 6.42. The number of fused-ring (bicyclic) bond motifs is 4. The van der Waals surface area contributed by atoms with Crippen LogP contribution in [0.4, 0.5) is 0 Å². The smallest absolute Gasteiger partial charge is 0.0230 e. The minimum Gasteiger partial charge on any atom is -0.0622 e. The summed E-state index contributed by atoms with van der Waals surface area (Å²) in [6, 6.07) is 40.3. The van der Waals surface area contributed by atoms with Gasteiger partial charge >= 0.3 is 0 Å². The first-order chi connectivity index (χ1) is 15.6. The van der Waals surface area contributed by atoms with Crippen LogP contribution in [0.1, 0.15) is 47.2 Å². The third kappa shape index (κ3) is 2.69. The Balaban J connectivity index is 1.61. The Morgan fingerprint density at radius 2 is 0.781 bits per heavy atom. The van der Waals surface area contributed by atoms with Crippen LogP contribution in [0.15, 0.2) is 109 Å². The Bertz CT molecular complexity index is 1220. The van der Waals surface area contributed by atoms with Crippen molar-refractivity contribution in [3.63, 3.8) is 0 Å². The fourth-order valence-electron chi connectivity index (χ4n) is 6.42. The summed E-state index contributed by atoms with van der Waals surface area (Å²) in [5, 5.41) is 0. The van der Waals surface area contributed by atoms with Crippen LogP contribution in [0.5, 0.6) is 0 Å². The summed E-state index contributed by atoms with van der Waals surface area (Å²) in [7, 11) is 0. The Morgan fingerprint density at radius 3 is 1.19 bits per heavy atom. The highest BCUT2D eigenvalue weighted by atomic mass is 14.5. The van der Waals surface area contributed by atoms with Gasteiger partial charge in [0.15, 0.2) is 0 Å². The maximum absolute atomic E-state index is 2.46. The van der Waals surface area contributed by atoms with Gasteiger partial charge in [0.2, 0.25) is 0 Å². The Morgan fingerprint density at radius 1 is 0.438 bits per heavy atom. The molecule has 0 N–H and O–H groups in total. The lowest BCUT2D eigenvalue weighted by molar-refractivity contribution is 0.614. The predicted octanol–water partition coefficient (Wildman–Crippen LogP) is 7.63. The molecule has 4 aromatic carbocycles. The molecule has 2 atom stereocenters. The third-order valence-electron chi connectivity index (χ3n) is 7.74. The van der Waals surface area contributed by atoms with Crippen molar-refractivity contribution in [3.05, 3.63) is 143 Å². The Labute approximate surface area is 191 Å². The summed E-state index contributed by atoms with van der Waals surface area (Å²) < 4.78 is 0. The number of benzene rings is 4. The van der Waals surface area contributed by atoms with Crippen molar-refractivity contribution in [2.45, 2.75) is 37.5 Å². The zero-order chi connectivity index (χ0) is 21.8. The van der Waals surface area contributed by atoms with Gasteiger partial charge in [0, 0.05) is 10.8 Å². The predicted molar refractivity (Wildman–Crippen MR) is 135 cm³/mol. The average Bonchev–Trinajstić information content (AvgIpc) is 3.24. The molecule has 6 rings (SSSR count). The van der Waals surface area contributed by atoms with Crippen molar-refractivity contribution in [3.8, 4) is 0 Å². The first-order valence-electron chi connectivity index (χ1n) is 11.6. The molecule has 32 heavy (non-hydrogen) atoms. The van der Waals surface area contributed by atoms with Crippen molar-refractivity contribution in [1.82, 2.24) is 0 Å². The molecule has 0 saturated heterocycles. The zero-order valence-electron chi connectivity index (χ0n) is 18.8. The second kappa shape index (κ2) is 7.07. The van der Waals surface area contributed by atoms with Gasteiger partial charge in [-0.15, -0.1) is 0 Å². The van der Waals surface area contributed by atoms with Crippen molar-refractivity contribution in [2.24, 2.45) is 0 Å². The van der Waals surface area contributed by atoms with Crippen LogP contribution in [-0.2, 0) is 23.7 Å². The first kappa shape index (κ1) is 19.3. The molecule has 0 aromatic heterocycles. The molecule has 0 heterocycles. The maximum atomic E-state index is 2.46. The summed E-state index contributed by atoms with van der Waals surface area (Å²) in [6.45, 7) is 4.93. The lowest BCUT2D eigenvalue weighted by atomic mass is 9.70. The van der Waals surface area contributed by atoms with Crippen molar-refractivity contribution >= 4 is 11.1 Å². The highest BCUT2D eigenvalue weighted by Gasteiger charge is 2.52. The van der Waals surface area contributed by atoms with E-state index in [4.69, 9.17) is 0 Å². The van der Waals surface area contributed by atoms with Gasteiger partial charge in [-0.25, -0.2) is 0 Å². The molecule has 0 heteroatoms. The normalized spacial score (nSPS) is 23.1. The van der Waals surface area contributed by atoms with Gasteiger partial charge < -0.3 is 0 Å². The molecule has 2 aliphatic rings. The summed E-state index contributed by atoms with van der Waals surface area (Å²) in [4.78, 5) is 0. The molecule has 0 bridgehead atoms. The van der Waals surface area contributed by atoms with Gasteiger partial charge in [-0.05, 0) is 57.4 Å². The number of hydrogen-bond acceptors (Lipinski definition) is 0. The first-order valence-corrected chi connectivity index (χ1v) is 11.6. The van der Waals surface area contributed by atoms with E-state index in [0.29, 0.717) is 0 Å². The summed E-state index contributed by atoms with van der Waals surface area (Å²) in [6.07, 6.45) is 2.03. The van der Waals surface area contributed by atoms with Gasteiger partial charge in [-0.3, -0.25) is 0 Å². The van der Waals surface area contributed by atoms with Gasteiger partial charge in [0.25, 0.3) is 0 Å². The summed E-state index contributed by atoms with van der Waals surface area (Å²) >= 11 is 0. The average molecular weight is 413 g/mol. The quantitative estimate of drug-likeness (QED) is 0.323. The standard InChI is InChI=1S/C32H28/c1-31(21-23-13-5-3-6-14-23)27-19-11-9-17-25(27)30-29(31)26-18-10-12-20-28(26)32(30,2)22-24-15-7-4-8-16-24/h3-20H,21-22H2,1-2H3/t31-,32-/m1/s1. The van der Waals surface area contributed by atoms with Crippen molar-refractivity contribution in [2.75, 3.05) is 0 Å². The number of rotatable bonds is 4. The Hall–Kier alpha value is -3.38. The molecule has 0 saturated carbocycles. The lowest BCUT2D eigenvalue weighted by Gasteiger charge is -2.32. The van der Waals surface area contributed by atoms with Crippen molar-refractivity contribution in [1.29, 1.82) is 0 Å². The largest absolute Gasteiger partial charge is 0.0622 e. The lowest BCUT2D eigenvalue weighted by Crippen LogP contribution is -2.26. The van der Waals surface area contributed by atoms with Crippen LogP contribution < -0.4 is 0 Å². The third-order valence-corrected chi connectivity index (χ3v) is 7.74. The highest BCUT2D eigenvalue weighted by molar-refractivity contribution is 6.09. The molecular weight excluding hydrogens is 384 g/mol. The molecular formula is C32H28. The van der Waals surface area contributed by atoms with Gasteiger partial charge in [-0.2, -0.15) is 0 Å². The highest BCUT2D eigenvalue weighted by Crippen LogP contribution is 2.64. The van der Waals surface area contributed by atoms with E-state index < -0.39 is 0 Å². The van der Waals surface area contributed by atoms with Crippen LogP contribution in [0, 0.1) is 0 Å². The molecule has 0 radical (unpaired) electrons. The fraction of sp³-hybridized carbons (Fsp3) is 0.188. The van der Waals surface area contributed by atoms with E-state index >= 15 is 0 Å². The number of hydrogen-bond donors (Lipinski definition) is 0. The van der Waals surface area contributed by atoms with E-state index in [1.54, 1.807) is 0 Å². The van der Waals surface area contributed by atoms with E-state index in [2.05, 4.69) is 123 Å². The topological polar surface area (TPSA) is 0 Å². The van der Waals surface area contributed by atoms with Crippen LogP contribution in [-0.4, -0.2) is 0 Å². The molecule has 0 amide bonds. The van der Waals surface area contributed by atoms with Crippen LogP contribution in [0.25, 0.3) is 11.1 Å². The molecule has 0 nitrogen and oxygen atoms in total. The van der Waals surface area contributed by atoms with E-state index in [1.807, 2.05) is 0 Å². The van der Waals surface area contributed by atoms with Gasteiger partial charge in [0.1, 0.15) is 0 Å². The molecule has 0 fully saturated rings. The summed E-state index contributed by atoms with van der Waals surface area (Å²) in [5.41, 5.74) is 11.6. The van der Waals surface area contributed by atoms with Gasteiger partial charge in [-0.1, -0.05) is 123 Å². The maximum Gasteiger partial charge on any atom is 0.0230 e. The van der Waals surface area contributed by atoms with Crippen molar-refractivity contribution < 1.29 is 0 Å². The van der Waals surface area contributed by atoms with E-state index in [0.717, 1.165) is 12.8 Å². The molecule has 0 unspecified atom stereocenters. The van der Waals surface area contributed by atoms with Crippen LogP contribution in [0.2, 0.25) is 0 Å².